The molecule has 5 rings (SSSR count). The monoisotopic (exact) mass is 493 g/mol. The van der Waals surface area contributed by atoms with Crippen LogP contribution in [0.1, 0.15) is 37.2 Å². The number of amides is 2. The molecule has 9 heteroatoms. The molecule has 3 aromatic rings. The van der Waals surface area contributed by atoms with Crippen LogP contribution in [0.25, 0.3) is 11.1 Å². The summed E-state index contributed by atoms with van der Waals surface area (Å²) in [6, 6.07) is 15.4. The summed E-state index contributed by atoms with van der Waals surface area (Å²) in [5.74, 6) is -0.162. The zero-order chi connectivity index (χ0) is 24.7. The highest BCUT2D eigenvalue weighted by atomic mass is 32.2. The van der Waals surface area contributed by atoms with Gasteiger partial charge >= 0.3 is 0 Å². The van der Waals surface area contributed by atoms with E-state index >= 15 is 0 Å². The summed E-state index contributed by atoms with van der Waals surface area (Å²) in [5.41, 5.74) is 2.87. The molecule has 1 aromatic heterocycles. The zero-order valence-corrected chi connectivity index (χ0v) is 20.5. The minimum absolute atomic E-state index is 0.104. The molecule has 2 aliphatic rings. The van der Waals surface area contributed by atoms with Gasteiger partial charge in [0.2, 0.25) is 15.9 Å². The van der Waals surface area contributed by atoms with E-state index in [2.05, 4.69) is 0 Å². The van der Waals surface area contributed by atoms with Gasteiger partial charge in [0.25, 0.3) is 5.91 Å². The Morgan fingerprint density at radius 3 is 2.26 bits per heavy atom. The van der Waals surface area contributed by atoms with Crippen LogP contribution in [0.15, 0.2) is 70.2 Å². The minimum Gasteiger partial charge on any atom is -0.459 e. The topological polar surface area (TPSA) is 91.1 Å². The number of sulfonamides is 1. The summed E-state index contributed by atoms with van der Waals surface area (Å²) >= 11 is 0. The van der Waals surface area contributed by atoms with Gasteiger partial charge < -0.3 is 14.2 Å². The average Bonchev–Trinajstić information content (AvgIpc) is 3.58. The van der Waals surface area contributed by atoms with Crippen LogP contribution in [0.2, 0.25) is 0 Å². The Bertz CT molecular complexity index is 1360. The lowest BCUT2D eigenvalue weighted by Crippen LogP contribution is -2.51. The number of carbonyl (C=O) groups excluding carboxylic acids is 2. The van der Waals surface area contributed by atoms with Gasteiger partial charge in [-0.3, -0.25) is 9.59 Å². The number of hydrogen-bond acceptors (Lipinski definition) is 5. The molecule has 0 spiro atoms. The predicted octanol–water partition coefficient (Wildman–Crippen LogP) is 4.13. The molecule has 2 amide bonds. The Hall–Kier alpha value is -3.43. The van der Waals surface area contributed by atoms with Gasteiger partial charge in [-0.05, 0) is 67.3 Å². The normalized spacial score (nSPS) is 18.5. The largest absolute Gasteiger partial charge is 0.459 e. The number of carbonyl (C=O) groups is 2. The molecule has 0 radical (unpaired) electrons. The molecule has 2 aromatic carbocycles. The van der Waals surface area contributed by atoms with Gasteiger partial charge in [-0.1, -0.05) is 18.2 Å². The van der Waals surface area contributed by atoms with Gasteiger partial charge in [0, 0.05) is 26.6 Å². The van der Waals surface area contributed by atoms with Gasteiger partial charge in [-0.15, -0.1) is 0 Å². The third-order valence-corrected chi connectivity index (χ3v) is 8.53. The first-order valence-electron chi connectivity index (χ1n) is 11.7. The maximum absolute atomic E-state index is 13.2. The van der Waals surface area contributed by atoms with Crippen molar-refractivity contribution >= 4 is 33.2 Å². The number of rotatable bonds is 4. The quantitative estimate of drug-likeness (QED) is 0.545. The summed E-state index contributed by atoms with van der Waals surface area (Å²) in [5, 5.41) is 0. The van der Waals surface area contributed by atoms with Crippen LogP contribution < -0.4 is 9.80 Å². The number of benzene rings is 2. The predicted molar refractivity (Wildman–Crippen MR) is 133 cm³/mol. The highest BCUT2D eigenvalue weighted by molar-refractivity contribution is 7.89. The van der Waals surface area contributed by atoms with Crippen LogP contribution in [-0.4, -0.2) is 50.2 Å². The minimum atomic E-state index is -3.49. The van der Waals surface area contributed by atoms with Crippen LogP contribution in [0.4, 0.5) is 11.4 Å². The molecule has 0 saturated carbocycles. The lowest BCUT2D eigenvalue weighted by molar-refractivity contribution is -0.117. The molecular formula is C26H27N3O5S. The molecule has 0 aliphatic carbocycles. The fraction of sp³-hybridized carbons (Fsp3) is 0.308. The Labute approximate surface area is 204 Å². The molecule has 0 N–H and O–H groups in total. The van der Waals surface area contributed by atoms with Crippen LogP contribution in [0.5, 0.6) is 0 Å². The van der Waals surface area contributed by atoms with Crippen molar-refractivity contribution in [2.24, 2.45) is 0 Å². The van der Waals surface area contributed by atoms with E-state index in [1.165, 1.54) is 17.5 Å². The maximum Gasteiger partial charge on any atom is 0.294 e. The van der Waals surface area contributed by atoms with Crippen molar-refractivity contribution in [3.8, 4) is 11.1 Å². The summed E-state index contributed by atoms with van der Waals surface area (Å²) in [6.45, 7) is 4.85. The van der Waals surface area contributed by atoms with Gasteiger partial charge in [0.15, 0.2) is 5.76 Å². The zero-order valence-electron chi connectivity index (χ0n) is 19.7. The molecule has 1 fully saturated rings. The Morgan fingerprint density at radius 1 is 0.943 bits per heavy atom. The second-order valence-corrected chi connectivity index (χ2v) is 10.9. The van der Waals surface area contributed by atoms with E-state index in [-0.39, 0.29) is 28.5 Å². The molecule has 1 unspecified atom stereocenters. The van der Waals surface area contributed by atoms with Crippen LogP contribution in [-0.2, 0) is 14.8 Å². The molecule has 0 bridgehead atoms. The number of fused-ring (bicyclic) bond motifs is 1. The summed E-state index contributed by atoms with van der Waals surface area (Å²) in [7, 11) is -3.49. The van der Waals surface area contributed by atoms with E-state index in [0.717, 1.165) is 24.0 Å². The second-order valence-electron chi connectivity index (χ2n) is 8.97. The molecular weight excluding hydrogens is 466 g/mol. The van der Waals surface area contributed by atoms with Crippen LogP contribution >= 0.6 is 0 Å². The molecule has 8 nitrogen and oxygen atoms in total. The van der Waals surface area contributed by atoms with Gasteiger partial charge in [0.1, 0.15) is 0 Å². The second kappa shape index (κ2) is 8.98. The SMILES string of the molecule is CC(=O)N1c2ccc(-c3ccc(S(=O)(=O)N4CCCC4)cc3)cc2N(C(=O)c2ccco2)CC1C. The van der Waals surface area contributed by atoms with E-state index in [0.29, 0.717) is 31.0 Å². The van der Waals surface area contributed by atoms with E-state index in [1.807, 2.05) is 25.1 Å². The fourth-order valence-electron chi connectivity index (χ4n) is 4.91. The lowest BCUT2D eigenvalue weighted by atomic mass is 10.0. The van der Waals surface area contributed by atoms with Crippen molar-refractivity contribution in [3.05, 3.63) is 66.6 Å². The molecule has 1 atom stereocenters. The third-order valence-electron chi connectivity index (χ3n) is 6.62. The highest BCUT2D eigenvalue weighted by Gasteiger charge is 2.35. The first-order valence-corrected chi connectivity index (χ1v) is 13.1. The summed E-state index contributed by atoms with van der Waals surface area (Å²) < 4.78 is 32.6. The molecule has 2 aliphatic heterocycles. The molecule has 3 heterocycles. The van der Waals surface area contributed by atoms with Gasteiger partial charge in [0.05, 0.1) is 28.6 Å². The highest BCUT2D eigenvalue weighted by Crippen LogP contribution is 2.39. The average molecular weight is 494 g/mol. The summed E-state index contributed by atoms with van der Waals surface area (Å²) in [6.07, 6.45) is 3.22. The number of anilines is 2. The van der Waals surface area contributed by atoms with Crippen LogP contribution in [0, 0.1) is 0 Å². The Balaban J connectivity index is 1.53. The van der Waals surface area contributed by atoms with Crippen molar-refractivity contribution < 1.29 is 22.4 Å². The number of nitrogens with zero attached hydrogens (tertiary/aromatic N) is 3. The standard InChI is InChI=1S/C26H27N3O5S/c1-18-17-28(26(31)25-6-5-15-34-25)24-16-21(9-12-23(24)29(18)19(2)30)20-7-10-22(11-8-20)35(32,33)27-13-3-4-14-27/h5-12,15-16,18H,3-4,13-14,17H2,1-2H3. The van der Waals surface area contributed by atoms with E-state index in [9.17, 15) is 18.0 Å². The number of furan rings is 1. The molecule has 35 heavy (non-hydrogen) atoms. The number of hydrogen-bond donors (Lipinski definition) is 0. The lowest BCUT2D eigenvalue weighted by Gasteiger charge is -2.40. The fourth-order valence-corrected chi connectivity index (χ4v) is 6.42. The van der Waals surface area contributed by atoms with E-state index < -0.39 is 10.0 Å². The van der Waals surface area contributed by atoms with E-state index in [1.54, 1.807) is 46.2 Å². The molecule has 182 valence electrons. The Kier molecular flexibility index (Phi) is 5.98. The van der Waals surface area contributed by atoms with E-state index in [4.69, 9.17) is 4.42 Å². The summed E-state index contributed by atoms with van der Waals surface area (Å²) in [4.78, 5) is 29.2. The third kappa shape index (κ3) is 4.15. The Morgan fingerprint density at radius 2 is 1.63 bits per heavy atom. The van der Waals surface area contributed by atoms with Crippen molar-refractivity contribution in [1.82, 2.24) is 4.31 Å². The first-order chi connectivity index (χ1) is 16.8. The maximum atomic E-state index is 13.2. The molecule has 1 saturated heterocycles. The van der Waals surface area contributed by atoms with Gasteiger partial charge in [-0.25, -0.2) is 8.42 Å². The van der Waals surface area contributed by atoms with Crippen molar-refractivity contribution in [2.75, 3.05) is 29.4 Å². The van der Waals surface area contributed by atoms with Gasteiger partial charge in [-0.2, -0.15) is 4.31 Å². The van der Waals surface area contributed by atoms with Crippen molar-refractivity contribution in [3.63, 3.8) is 0 Å². The van der Waals surface area contributed by atoms with Crippen molar-refractivity contribution in [1.29, 1.82) is 0 Å². The smallest absolute Gasteiger partial charge is 0.294 e. The van der Waals surface area contributed by atoms with Crippen LogP contribution in [0.3, 0.4) is 0 Å². The van der Waals surface area contributed by atoms with Crippen molar-refractivity contribution in [2.45, 2.75) is 37.6 Å². The first kappa shape index (κ1) is 23.3.